The topological polar surface area (TPSA) is 61.6 Å². The van der Waals surface area contributed by atoms with E-state index in [-0.39, 0.29) is 17.9 Å². The molecule has 128 valence electrons. The average Bonchev–Trinajstić information content (AvgIpc) is 3.02. The fourth-order valence-corrected chi connectivity index (χ4v) is 2.43. The van der Waals surface area contributed by atoms with Crippen LogP contribution in [0.5, 0.6) is 5.75 Å². The van der Waals surface area contributed by atoms with Crippen molar-refractivity contribution in [2.24, 2.45) is 0 Å². The third kappa shape index (κ3) is 3.52. The molecule has 0 unspecified atom stereocenters. The summed E-state index contributed by atoms with van der Waals surface area (Å²) in [4.78, 5) is 12.5. The smallest absolute Gasteiger partial charge is 0.344 e. The number of benzene rings is 2. The lowest BCUT2D eigenvalue weighted by Crippen LogP contribution is -2.07. The fourth-order valence-electron chi connectivity index (χ4n) is 2.43. The Morgan fingerprint density at radius 3 is 2.64 bits per heavy atom. The molecule has 3 rings (SSSR count). The number of hydrogen-bond donors (Lipinski definition) is 0. The number of aromatic nitrogens is 1. The Hall–Kier alpha value is -3.15. The summed E-state index contributed by atoms with van der Waals surface area (Å²) >= 11 is 0. The Morgan fingerprint density at radius 1 is 1.20 bits per heavy atom. The summed E-state index contributed by atoms with van der Waals surface area (Å²) in [5.74, 6) is -0.586. The number of methoxy groups -OCH3 is 1. The van der Waals surface area contributed by atoms with Gasteiger partial charge in [-0.3, -0.25) is 0 Å². The number of carbonyl (C=O) groups excluding carboxylic acids is 1. The van der Waals surface area contributed by atoms with Gasteiger partial charge in [-0.2, -0.15) is 0 Å². The summed E-state index contributed by atoms with van der Waals surface area (Å²) in [6.45, 7) is 1.57. The number of aryl methyl sites for hydroxylation is 1. The minimum atomic E-state index is -0.575. The van der Waals surface area contributed by atoms with Gasteiger partial charge < -0.3 is 14.0 Å². The zero-order valence-corrected chi connectivity index (χ0v) is 13.8. The van der Waals surface area contributed by atoms with Crippen LogP contribution in [-0.4, -0.2) is 18.2 Å². The molecule has 0 aliphatic rings. The van der Waals surface area contributed by atoms with Crippen LogP contribution in [0.1, 0.15) is 21.7 Å². The van der Waals surface area contributed by atoms with Crippen molar-refractivity contribution in [3.05, 3.63) is 71.2 Å². The molecule has 0 aliphatic heterocycles. The van der Waals surface area contributed by atoms with Gasteiger partial charge in [-0.1, -0.05) is 41.6 Å². The van der Waals surface area contributed by atoms with Crippen LogP contribution < -0.4 is 4.74 Å². The van der Waals surface area contributed by atoms with Gasteiger partial charge in [0.15, 0.2) is 11.6 Å². The minimum absolute atomic E-state index is 0.0708. The molecule has 6 heteroatoms. The standard InChI is InChI=1S/C19H16FNO4/c1-12-17(18(21-25-12)14-6-4-3-5-7-14)19(22)24-11-13-8-9-16(23-2)15(20)10-13/h3-10H,11H2,1-2H3. The second-order valence-corrected chi connectivity index (χ2v) is 5.37. The summed E-state index contributed by atoms with van der Waals surface area (Å²) in [6, 6.07) is 13.6. The van der Waals surface area contributed by atoms with Gasteiger partial charge in [0.05, 0.1) is 7.11 Å². The normalized spacial score (nSPS) is 10.5. The SMILES string of the molecule is COc1ccc(COC(=O)c2c(-c3ccccc3)noc2C)cc1F. The van der Waals surface area contributed by atoms with Gasteiger partial charge >= 0.3 is 5.97 Å². The van der Waals surface area contributed by atoms with Gasteiger partial charge in [0, 0.05) is 5.56 Å². The molecule has 0 aliphatic carbocycles. The first-order chi connectivity index (χ1) is 12.1. The maximum absolute atomic E-state index is 13.7. The Kier molecular flexibility index (Phi) is 4.79. The molecule has 5 nitrogen and oxygen atoms in total. The third-order valence-electron chi connectivity index (χ3n) is 3.70. The van der Waals surface area contributed by atoms with Crippen molar-refractivity contribution in [3.8, 4) is 17.0 Å². The van der Waals surface area contributed by atoms with Crippen LogP contribution in [0.3, 0.4) is 0 Å². The Bertz CT molecular complexity index is 890. The summed E-state index contributed by atoms with van der Waals surface area (Å²) in [5.41, 5.74) is 1.95. The van der Waals surface area contributed by atoms with Gasteiger partial charge in [0.1, 0.15) is 23.6 Å². The molecule has 0 atom stereocenters. The number of nitrogens with zero attached hydrogens (tertiary/aromatic N) is 1. The maximum Gasteiger partial charge on any atom is 0.344 e. The van der Waals surface area contributed by atoms with Crippen molar-refractivity contribution in [2.75, 3.05) is 7.11 Å². The van der Waals surface area contributed by atoms with Crippen molar-refractivity contribution in [3.63, 3.8) is 0 Å². The predicted octanol–water partition coefficient (Wildman–Crippen LogP) is 4.15. The zero-order valence-electron chi connectivity index (χ0n) is 13.8. The third-order valence-corrected chi connectivity index (χ3v) is 3.70. The van der Waals surface area contributed by atoms with Crippen molar-refractivity contribution < 1.29 is 23.2 Å². The first-order valence-electron chi connectivity index (χ1n) is 7.61. The van der Waals surface area contributed by atoms with E-state index >= 15 is 0 Å². The first kappa shape index (κ1) is 16.7. The predicted molar refractivity (Wildman–Crippen MR) is 88.7 cm³/mol. The van der Waals surface area contributed by atoms with Gasteiger partial charge in [0.2, 0.25) is 0 Å². The number of carbonyl (C=O) groups is 1. The van der Waals surface area contributed by atoms with E-state index in [1.807, 2.05) is 30.3 Å². The van der Waals surface area contributed by atoms with Crippen LogP contribution >= 0.6 is 0 Å². The van der Waals surface area contributed by atoms with Crippen LogP contribution in [0.25, 0.3) is 11.3 Å². The van der Waals surface area contributed by atoms with Crippen LogP contribution in [0.4, 0.5) is 4.39 Å². The van der Waals surface area contributed by atoms with Gasteiger partial charge in [-0.05, 0) is 24.6 Å². The molecule has 3 aromatic rings. The molecule has 0 amide bonds. The highest BCUT2D eigenvalue weighted by Crippen LogP contribution is 2.26. The summed E-state index contributed by atoms with van der Waals surface area (Å²) in [6.07, 6.45) is 0. The van der Waals surface area contributed by atoms with E-state index in [9.17, 15) is 9.18 Å². The maximum atomic E-state index is 13.7. The van der Waals surface area contributed by atoms with Crippen molar-refractivity contribution in [2.45, 2.75) is 13.5 Å². The van der Waals surface area contributed by atoms with Crippen molar-refractivity contribution in [1.29, 1.82) is 0 Å². The van der Waals surface area contributed by atoms with E-state index < -0.39 is 11.8 Å². The van der Waals surface area contributed by atoms with E-state index in [2.05, 4.69) is 5.16 Å². The highest BCUT2D eigenvalue weighted by atomic mass is 19.1. The summed E-state index contributed by atoms with van der Waals surface area (Å²) in [5, 5.41) is 3.95. The number of rotatable bonds is 5. The molecular weight excluding hydrogens is 325 g/mol. The van der Waals surface area contributed by atoms with Crippen LogP contribution in [0.15, 0.2) is 53.1 Å². The van der Waals surface area contributed by atoms with Gasteiger partial charge in [0.25, 0.3) is 0 Å². The van der Waals surface area contributed by atoms with Gasteiger partial charge in [-0.15, -0.1) is 0 Å². The monoisotopic (exact) mass is 341 g/mol. The second kappa shape index (κ2) is 7.17. The Balaban J connectivity index is 1.78. The molecule has 0 saturated heterocycles. The highest BCUT2D eigenvalue weighted by molar-refractivity contribution is 5.97. The molecule has 25 heavy (non-hydrogen) atoms. The van der Waals surface area contributed by atoms with E-state index in [0.29, 0.717) is 17.0 Å². The number of ether oxygens (including phenoxy) is 2. The zero-order chi connectivity index (χ0) is 17.8. The molecule has 1 heterocycles. The summed E-state index contributed by atoms with van der Waals surface area (Å²) in [7, 11) is 1.39. The molecule has 0 N–H and O–H groups in total. The second-order valence-electron chi connectivity index (χ2n) is 5.37. The van der Waals surface area contributed by atoms with Crippen LogP contribution in [0.2, 0.25) is 0 Å². The Labute approximate surface area is 144 Å². The number of esters is 1. The summed E-state index contributed by atoms with van der Waals surface area (Å²) < 4.78 is 29.0. The van der Waals surface area contributed by atoms with E-state index in [4.69, 9.17) is 14.0 Å². The lowest BCUT2D eigenvalue weighted by Gasteiger charge is -2.07. The largest absolute Gasteiger partial charge is 0.494 e. The molecular formula is C19H16FNO4. The quantitative estimate of drug-likeness (QED) is 0.652. The number of halogens is 1. The van der Waals surface area contributed by atoms with Crippen LogP contribution in [0, 0.1) is 12.7 Å². The number of hydrogen-bond acceptors (Lipinski definition) is 5. The molecule has 1 aromatic heterocycles. The van der Waals surface area contributed by atoms with Gasteiger partial charge in [-0.25, -0.2) is 9.18 Å². The van der Waals surface area contributed by atoms with Crippen LogP contribution in [-0.2, 0) is 11.3 Å². The minimum Gasteiger partial charge on any atom is -0.494 e. The molecule has 2 aromatic carbocycles. The lowest BCUT2D eigenvalue weighted by atomic mass is 10.1. The molecule has 0 radical (unpaired) electrons. The molecule has 0 spiro atoms. The first-order valence-corrected chi connectivity index (χ1v) is 7.61. The van der Waals surface area contributed by atoms with E-state index in [0.717, 1.165) is 5.56 Å². The van der Waals surface area contributed by atoms with Crippen molar-refractivity contribution in [1.82, 2.24) is 5.16 Å². The van der Waals surface area contributed by atoms with E-state index in [1.54, 1.807) is 13.0 Å². The average molecular weight is 341 g/mol. The highest BCUT2D eigenvalue weighted by Gasteiger charge is 2.23. The molecule has 0 fully saturated rings. The fraction of sp³-hybridized carbons (Fsp3) is 0.158. The molecule has 0 bridgehead atoms. The van der Waals surface area contributed by atoms with Crippen molar-refractivity contribution >= 4 is 5.97 Å². The van der Waals surface area contributed by atoms with E-state index in [1.165, 1.54) is 19.2 Å². The lowest BCUT2D eigenvalue weighted by molar-refractivity contribution is 0.0471. The Morgan fingerprint density at radius 2 is 1.96 bits per heavy atom. The molecule has 0 saturated carbocycles.